The van der Waals surface area contributed by atoms with Crippen LogP contribution in [0.3, 0.4) is 0 Å². The van der Waals surface area contributed by atoms with E-state index >= 15 is 0 Å². The lowest BCUT2D eigenvalue weighted by Gasteiger charge is -2.35. The Hall–Kier alpha value is -0.810. The van der Waals surface area contributed by atoms with Gasteiger partial charge < -0.3 is 9.47 Å². The molecule has 4 nitrogen and oxygen atoms in total. The zero-order valence-corrected chi connectivity index (χ0v) is 13.5. The summed E-state index contributed by atoms with van der Waals surface area (Å²) in [7, 11) is 3.41. The first-order chi connectivity index (χ1) is 10.2. The maximum Gasteiger partial charge on any atom is 0.123 e. The number of methoxy groups -OCH3 is 2. The third kappa shape index (κ3) is 3.89. The second-order valence-electron chi connectivity index (χ2n) is 5.63. The van der Waals surface area contributed by atoms with Gasteiger partial charge in [-0.15, -0.1) is 0 Å². The van der Waals surface area contributed by atoms with E-state index in [-0.39, 0.29) is 12.1 Å². The van der Waals surface area contributed by atoms with Gasteiger partial charge in [-0.25, -0.2) is 0 Å². The predicted molar refractivity (Wildman–Crippen MR) is 85.4 cm³/mol. The molecular formula is C16H25ClN2O2. The second-order valence-corrected chi connectivity index (χ2v) is 6.07. The Morgan fingerprint density at radius 2 is 1.95 bits per heavy atom. The zero-order valence-electron chi connectivity index (χ0n) is 12.8. The number of halogens is 1. The summed E-state index contributed by atoms with van der Waals surface area (Å²) in [4.78, 5) is 0. The van der Waals surface area contributed by atoms with Gasteiger partial charge in [-0.05, 0) is 37.0 Å². The minimum absolute atomic E-state index is 0.0164. The highest BCUT2D eigenvalue weighted by molar-refractivity contribution is 6.30. The zero-order chi connectivity index (χ0) is 15.2. The summed E-state index contributed by atoms with van der Waals surface area (Å²) in [6.45, 7) is 0. The average molecular weight is 313 g/mol. The number of hydrogen-bond donors (Lipinski definition) is 2. The van der Waals surface area contributed by atoms with Gasteiger partial charge in [0.1, 0.15) is 5.75 Å². The molecule has 1 fully saturated rings. The maximum absolute atomic E-state index is 6.14. The molecule has 1 saturated carbocycles. The Bertz CT molecular complexity index is 450. The van der Waals surface area contributed by atoms with E-state index in [4.69, 9.17) is 26.9 Å². The van der Waals surface area contributed by atoms with Crippen molar-refractivity contribution in [2.45, 2.75) is 44.2 Å². The van der Waals surface area contributed by atoms with Gasteiger partial charge >= 0.3 is 0 Å². The maximum atomic E-state index is 6.14. The summed E-state index contributed by atoms with van der Waals surface area (Å²) in [6, 6.07) is 5.46. The van der Waals surface area contributed by atoms with E-state index in [1.807, 2.05) is 18.2 Å². The summed E-state index contributed by atoms with van der Waals surface area (Å²) in [5, 5.41) is 0.671. The molecule has 0 amide bonds. The fourth-order valence-corrected chi connectivity index (χ4v) is 3.55. The first-order valence-electron chi connectivity index (χ1n) is 7.53. The van der Waals surface area contributed by atoms with E-state index in [0.29, 0.717) is 10.9 Å². The number of hydrazine groups is 1. The fraction of sp³-hybridized carbons (Fsp3) is 0.625. The first-order valence-corrected chi connectivity index (χ1v) is 7.91. The van der Waals surface area contributed by atoms with Gasteiger partial charge in [0.25, 0.3) is 0 Å². The van der Waals surface area contributed by atoms with Crippen LogP contribution in [-0.2, 0) is 4.74 Å². The number of nitrogens with two attached hydrogens (primary N) is 1. The lowest BCUT2D eigenvalue weighted by Crippen LogP contribution is -2.42. The molecule has 2 atom stereocenters. The molecule has 0 aliphatic heterocycles. The topological polar surface area (TPSA) is 56.5 Å². The molecule has 0 heterocycles. The van der Waals surface area contributed by atoms with Crippen LogP contribution in [0.15, 0.2) is 18.2 Å². The Morgan fingerprint density at radius 1 is 1.24 bits per heavy atom. The van der Waals surface area contributed by atoms with Crippen LogP contribution in [0, 0.1) is 5.92 Å². The lowest BCUT2D eigenvalue weighted by molar-refractivity contribution is 0.00696. The summed E-state index contributed by atoms with van der Waals surface area (Å²) < 4.78 is 11.3. The molecule has 0 bridgehead atoms. The van der Waals surface area contributed by atoms with E-state index < -0.39 is 0 Å². The SMILES string of the molecule is COc1ccc(Cl)cc1C(NN)C(OC)C1CCCCC1. The predicted octanol–water partition coefficient (Wildman–Crippen LogP) is 3.45. The van der Waals surface area contributed by atoms with Gasteiger partial charge in [0.05, 0.1) is 19.3 Å². The summed E-state index contributed by atoms with van der Waals surface area (Å²) >= 11 is 6.14. The standard InChI is InChI=1S/C16H25ClN2O2/c1-20-14-9-8-12(17)10-13(14)15(19-18)16(21-2)11-6-4-3-5-7-11/h8-11,15-16,19H,3-7,18H2,1-2H3. The van der Waals surface area contributed by atoms with Crippen LogP contribution >= 0.6 is 11.6 Å². The van der Waals surface area contributed by atoms with Crippen molar-refractivity contribution in [3.63, 3.8) is 0 Å². The van der Waals surface area contributed by atoms with Crippen molar-refractivity contribution >= 4 is 11.6 Å². The monoisotopic (exact) mass is 312 g/mol. The van der Waals surface area contributed by atoms with E-state index in [1.54, 1.807) is 14.2 Å². The molecule has 5 heteroatoms. The summed E-state index contributed by atoms with van der Waals surface area (Å²) in [5.74, 6) is 7.12. The molecule has 118 valence electrons. The van der Waals surface area contributed by atoms with Gasteiger partial charge in [0.2, 0.25) is 0 Å². The molecule has 1 aliphatic rings. The van der Waals surface area contributed by atoms with Crippen molar-refractivity contribution in [3.05, 3.63) is 28.8 Å². The van der Waals surface area contributed by atoms with Crippen LogP contribution in [0.5, 0.6) is 5.75 Å². The molecule has 0 aromatic heterocycles. The molecule has 2 unspecified atom stereocenters. The van der Waals surface area contributed by atoms with Crippen molar-refractivity contribution in [3.8, 4) is 5.75 Å². The second kappa shape index (κ2) is 7.99. The van der Waals surface area contributed by atoms with Gasteiger partial charge in [0.15, 0.2) is 0 Å². The van der Waals surface area contributed by atoms with Crippen LogP contribution in [0.4, 0.5) is 0 Å². The number of hydrogen-bond acceptors (Lipinski definition) is 4. The van der Waals surface area contributed by atoms with Crippen molar-refractivity contribution < 1.29 is 9.47 Å². The van der Waals surface area contributed by atoms with E-state index in [9.17, 15) is 0 Å². The first kappa shape index (κ1) is 16.6. The third-order valence-corrected chi connectivity index (χ3v) is 4.66. The van der Waals surface area contributed by atoms with Crippen molar-refractivity contribution in [1.29, 1.82) is 0 Å². The van der Waals surface area contributed by atoms with Crippen LogP contribution < -0.4 is 16.0 Å². The largest absolute Gasteiger partial charge is 0.496 e. The molecular weight excluding hydrogens is 288 g/mol. The molecule has 0 spiro atoms. The van der Waals surface area contributed by atoms with Crippen LogP contribution in [0.2, 0.25) is 5.02 Å². The minimum atomic E-state index is -0.133. The number of benzene rings is 1. The van der Waals surface area contributed by atoms with Crippen molar-refractivity contribution in [2.24, 2.45) is 11.8 Å². The summed E-state index contributed by atoms with van der Waals surface area (Å²) in [5.41, 5.74) is 3.85. The number of rotatable bonds is 6. The highest BCUT2D eigenvalue weighted by atomic mass is 35.5. The quantitative estimate of drug-likeness (QED) is 0.624. The number of ether oxygens (including phenoxy) is 2. The van der Waals surface area contributed by atoms with Crippen LogP contribution in [0.1, 0.15) is 43.7 Å². The van der Waals surface area contributed by atoms with Crippen LogP contribution in [0.25, 0.3) is 0 Å². The molecule has 2 rings (SSSR count). The smallest absolute Gasteiger partial charge is 0.123 e. The average Bonchev–Trinajstić information content (AvgIpc) is 2.53. The van der Waals surface area contributed by atoms with Crippen molar-refractivity contribution in [1.82, 2.24) is 5.43 Å². The van der Waals surface area contributed by atoms with Crippen LogP contribution in [-0.4, -0.2) is 20.3 Å². The summed E-state index contributed by atoms with van der Waals surface area (Å²) in [6.07, 6.45) is 6.21. The molecule has 1 aromatic carbocycles. The van der Waals surface area contributed by atoms with E-state index in [1.165, 1.54) is 32.1 Å². The highest BCUT2D eigenvalue weighted by Crippen LogP contribution is 2.37. The molecule has 0 saturated heterocycles. The van der Waals surface area contributed by atoms with Gasteiger partial charge in [-0.3, -0.25) is 11.3 Å². The van der Waals surface area contributed by atoms with Gasteiger partial charge in [-0.1, -0.05) is 30.9 Å². The Labute approximate surface area is 131 Å². The highest BCUT2D eigenvalue weighted by Gasteiger charge is 2.32. The van der Waals surface area contributed by atoms with E-state index in [2.05, 4.69) is 5.43 Å². The Balaban J connectivity index is 2.29. The Morgan fingerprint density at radius 3 is 2.52 bits per heavy atom. The van der Waals surface area contributed by atoms with Gasteiger partial charge in [0, 0.05) is 17.7 Å². The molecule has 1 aromatic rings. The third-order valence-electron chi connectivity index (χ3n) is 4.42. The molecule has 3 N–H and O–H groups in total. The molecule has 0 radical (unpaired) electrons. The molecule has 1 aliphatic carbocycles. The van der Waals surface area contributed by atoms with Crippen molar-refractivity contribution in [2.75, 3.05) is 14.2 Å². The fourth-order valence-electron chi connectivity index (χ4n) is 3.37. The molecule has 21 heavy (non-hydrogen) atoms. The van der Waals surface area contributed by atoms with E-state index in [0.717, 1.165) is 11.3 Å². The lowest BCUT2D eigenvalue weighted by atomic mass is 9.81. The Kier molecular flexibility index (Phi) is 6.30. The minimum Gasteiger partial charge on any atom is -0.496 e. The number of nitrogens with one attached hydrogen (secondary N) is 1. The van der Waals surface area contributed by atoms with Gasteiger partial charge in [-0.2, -0.15) is 0 Å². The normalized spacial score (nSPS) is 19.2.